The third-order valence-electron chi connectivity index (χ3n) is 6.59. The van der Waals surface area contributed by atoms with Gasteiger partial charge in [0.1, 0.15) is 23.7 Å². The number of nitrogen functional groups attached to an aromatic ring is 1. The second kappa shape index (κ2) is 15.0. The number of nitrogens with one attached hydrogen (secondary N) is 2. The monoisotopic (exact) mass is 719 g/mol. The minimum Gasteiger partial charge on any atom is -0.496 e. The van der Waals surface area contributed by atoms with Gasteiger partial charge < -0.3 is 30.8 Å². The number of halogens is 4. The number of hydrogen-bond acceptors (Lipinski definition) is 8. The van der Waals surface area contributed by atoms with Crippen molar-refractivity contribution in [1.82, 2.24) is 14.9 Å². The van der Waals surface area contributed by atoms with Crippen LogP contribution in [0.3, 0.4) is 0 Å². The van der Waals surface area contributed by atoms with Gasteiger partial charge in [-0.25, -0.2) is 9.37 Å². The molecule has 50 heavy (non-hydrogen) atoms. The van der Waals surface area contributed by atoms with Gasteiger partial charge in [0.25, 0.3) is 21.9 Å². The third kappa shape index (κ3) is 10.3. The molecule has 0 fully saturated rings. The van der Waals surface area contributed by atoms with Crippen LogP contribution in [0.2, 0.25) is 0 Å². The van der Waals surface area contributed by atoms with Gasteiger partial charge in [0.15, 0.2) is 5.83 Å². The zero-order valence-electron chi connectivity index (χ0n) is 27.4. The molecular weight excluding hydrogens is 686 g/mol. The summed E-state index contributed by atoms with van der Waals surface area (Å²) < 4.78 is 84.5. The van der Waals surface area contributed by atoms with Crippen LogP contribution < -0.4 is 21.1 Å². The molecule has 2 aromatic carbocycles. The Morgan fingerprint density at radius 3 is 2.22 bits per heavy atom. The number of aryl methyl sites for hydroxylation is 1. The molecule has 0 unspecified atom stereocenters. The molecule has 17 heteroatoms. The molecule has 266 valence electrons. The van der Waals surface area contributed by atoms with Gasteiger partial charge in [-0.05, 0) is 49.2 Å². The summed E-state index contributed by atoms with van der Waals surface area (Å²) >= 11 is 0. The highest BCUT2D eigenvalue weighted by atomic mass is 32.2. The molecule has 6 N–H and O–H groups in total. The van der Waals surface area contributed by atoms with Crippen molar-refractivity contribution in [3.63, 3.8) is 0 Å². The number of nitrogens with zero attached hydrogens (tertiary/aromatic N) is 2. The SMILES string of the molecule is C=C(F)C(=O)Nc1ccc(-c2c(-c3ccc(C(=O)NCC(F)(F)F)c(OC)c3)c3c(N)ncc(C#CC(C)(C)O)c3n2C)cc1.CS(=O)(=O)O. The second-order valence-corrected chi connectivity index (χ2v) is 12.7. The maximum Gasteiger partial charge on any atom is 0.405 e. The summed E-state index contributed by atoms with van der Waals surface area (Å²) in [6, 6.07) is 10.8. The highest BCUT2D eigenvalue weighted by Crippen LogP contribution is 2.44. The number of carbonyl (C=O) groups is 2. The van der Waals surface area contributed by atoms with E-state index in [2.05, 4.69) is 28.7 Å². The third-order valence-corrected chi connectivity index (χ3v) is 6.59. The maximum atomic E-state index is 13.2. The van der Waals surface area contributed by atoms with E-state index in [1.165, 1.54) is 39.3 Å². The standard InChI is InChI=1S/C32H29F4N5O4.CH4O3S/c1-17(33)29(42)40-21-9-6-18(7-10-21)26-24(19-8-11-22(23(14-19)45-5)30(43)39-16-32(34,35)36)25-27(41(26)4)20(15-38-28(25)37)12-13-31(2,3)44;1-5(2,3)4/h6-11,14-15,44H,1,16H2,2-5H3,(H2,37,38)(H,39,43)(H,40,42);1H3,(H,2,3,4). The molecular formula is C33H33F4N5O7S. The number of hydrogen-bond donors (Lipinski definition) is 5. The van der Waals surface area contributed by atoms with Crippen LogP contribution in [0.1, 0.15) is 29.8 Å². The summed E-state index contributed by atoms with van der Waals surface area (Å²) in [6.07, 6.45) is -2.41. The number of aromatic nitrogens is 2. The van der Waals surface area contributed by atoms with Gasteiger partial charge in [-0.2, -0.15) is 21.6 Å². The molecule has 0 saturated heterocycles. The second-order valence-electron chi connectivity index (χ2n) is 11.3. The lowest BCUT2D eigenvalue weighted by atomic mass is 9.96. The van der Waals surface area contributed by atoms with Gasteiger partial charge in [-0.3, -0.25) is 14.1 Å². The molecule has 2 aromatic heterocycles. The number of aliphatic hydroxyl groups is 1. The molecule has 0 atom stereocenters. The van der Waals surface area contributed by atoms with Crippen molar-refractivity contribution in [3.8, 4) is 40.0 Å². The predicted molar refractivity (Wildman–Crippen MR) is 180 cm³/mol. The summed E-state index contributed by atoms with van der Waals surface area (Å²) in [5.41, 5.74) is 8.50. The lowest BCUT2D eigenvalue weighted by Gasteiger charge is -2.14. The van der Waals surface area contributed by atoms with Crippen LogP contribution in [-0.4, -0.2) is 71.1 Å². The Balaban J connectivity index is 0.00000126. The summed E-state index contributed by atoms with van der Waals surface area (Å²) in [7, 11) is -0.627. The summed E-state index contributed by atoms with van der Waals surface area (Å²) in [4.78, 5) is 28.7. The average Bonchev–Trinajstić information content (AvgIpc) is 3.31. The van der Waals surface area contributed by atoms with Crippen molar-refractivity contribution in [2.45, 2.75) is 25.6 Å². The number of fused-ring (bicyclic) bond motifs is 1. The smallest absolute Gasteiger partial charge is 0.405 e. The fourth-order valence-corrected chi connectivity index (χ4v) is 4.66. The van der Waals surface area contributed by atoms with Gasteiger partial charge in [0, 0.05) is 24.5 Å². The topological polar surface area (TPSA) is 186 Å². The molecule has 0 bridgehead atoms. The lowest BCUT2D eigenvalue weighted by molar-refractivity contribution is -0.123. The summed E-state index contributed by atoms with van der Waals surface area (Å²) in [6.45, 7) is 4.52. The molecule has 4 aromatic rings. The fourth-order valence-electron chi connectivity index (χ4n) is 4.66. The van der Waals surface area contributed by atoms with Crippen LogP contribution in [0.5, 0.6) is 5.75 Å². The molecule has 0 aliphatic heterocycles. The van der Waals surface area contributed by atoms with Crippen LogP contribution in [-0.2, 0) is 22.0 Å². The molecule has 2 heterocycles. The van der Waals surface area contributed by atoms with Crippen molar-refractivity contribution in [3.05, 3.63) is 72.2 Å². The number of amides is 2. The first-order valence-corrected chi connectivity index (χ1v) is 16.1. The number of benzene rings is 2. The number of pyridine rings is 1. The molecule has 0 aliphatic rings. The number of alkyl halides is 3. The number of anilines is 2. The summed E-state index contributed by atoms with van der Waals surface area (Å²) in [5.74, 6) is 2.74. The van der Waals surface area contributed by atoms with E-state index in [1.54, 1.807) is 37.4 Å². The maximum absolute atomic E-state index is 13.2. The first-order chi connectivity index (χ1) is 23.0. The quantitative estimate of drug-likeness (QED) is 0.0772. The first kappa shape index (κ1) is 39.0. The van der Waals surface area contributed by atoms with Crippen LogP contribution in [0, 0.1) is 11.8 Å². The van der Waals surface area contributed by atoms with Crippen molar-refractivity contribution in [2.75, 3.05) is 31.0 Å². The fraction of sp³-hybridized carbons (Fsp3) is 0.242. The van der Waals surface area contributed by atoms with Crippen molar-refractivity contribution < 1.29 is 50.0 Å². The molecule has 2 amide bonds. The van der Waals surface area contributed by atoms with E-state index >= 15 is 0 Å². The van der Waals surface area contributed by atoms with Crippen LogP contribution in [0.25, 0.3) is 33.3 Å². The molecule has 0 saturated carbocycles. The number of nitrogens with two attached hydrogens (primary N) is 1. The highest BCUT2D eigenvalue weighted by Gasteiger charge is 2.29. The number of rotatable bonds is 7. The molecule has 4 rings (SSSR count). The number of ether oxygens (including phenoxy) is 1. The van der Waals surface area contributed by atoms with E-state index in [0.717, 1.165) is 0 Å². The van der Waals surface area contributed by atoms with E-state index in [0.29, 0.717) is 50.8 Å². The number of carbonyl (C=O) groups excluding carboxylic acids is 2. The Morgan fingerprint density at radius 1 is 1.12 bits per heavy atom. The molecule has 0 aliphatic carbocycles. The van der Waals surface area contributed by atoms with Crippen molar-refractivity contribution in [2.24, 2.45) is 7.05 Å². The molecule has 12 nitrogen and oxygen atoms in total. The van der Waals surface area contributed by atoms with E-state index in [1.807, 2.05) is 9.88 Å². The Bertz CT molecular complexity index is 2120. The van der Waals surface area contributed by atoms with E-state index in [4.69, 9.17) is 15.0 Å². The van der Waals surface area contributed by atoms with Gasteiger partial charge in [0.05, 0.1) is 41.1 Å². The van der Waals surface area contributed by atoms with Gasteiger partial charge >= 0.3 is 6.18 Å². The first-order valence-electron chi connectivity index (χ1n) is 14.2. The van der Waals surface area contributed by atoms with E-state index in [9.17, 15) is 40.7 Å². The van der Waals surface area contributed by atoms with Crippen molar-refractivity contribution >= 4 is 44.3 Å². The van der Waals surface area contributed by atoms with Gasteiger partial charge in [0.2, 0.25) is 0 Å². The Hall–Kier alpha value is -5.44. The molecule has 0 spiro atoms. The largest absolute Gasteiger partial charge is 0.496 e. The zero-order valence-corrected chi connectivity index (χ0v) is 28.2. The zero-order chi connectivity index (χ0) is 37.8. The lowest BCUT2D eigenvalue weighted by Crippen LogP contribution is -2.33. The Labute approximate surface area is 284 Å². The summed E-state index contributed by atoms with van der Waals surface area (Å²) in [5, 5.41) is 14.9. The van der Waals surface area contributed by atoms with Crippen LogP contribution >= 0.6 is 0 Å². The van der Waals surface area contributed by atoms with Gasteiger partial charge in [-0.15, -0.1) is 0 Å². The Morgan fingerprint density at radius 2 is 1.70 bits per heavy atom. The van der Waals surface area contributed by atoms with Crippen molar-refractivity contribution in [1.29, 1.82) is 0 Å². The minimum atomic E-state index is -4.60. The van der Waals surface area contributed by atoms with Gasteiger partial charge in [-0.1, -0.05) is 36.6 Å². The van der Waals surface area contributed by atoms with E-state index in [-0.39, 0.29) is 17.1 Å². The van der Waals surface area contributed by atoms with E-state index < -0.39 is 46.1 Å². The molecule has 0 radical (unpaired) electrons. The van der Waals surface area contributed by atoms with Crippen LogP contribution in [0.4, 0.5) is 29.1 Å². The number of methoxy groups -OCH3 is 1. The highest BCUT2D eigenvalue weighted by molar-refractivity contribution is 7.85. The minimum absolute atomic E-state index is 0.00384. The predicted octanol–water partition coefficient (Wildman–Crippen LogP) is 4.84. The Kier molecular flexibility index (Phi) is 11.7. The normalized spacial score (nSPS) is 11.5. The van der Waals surface area contributed by atoms with Crippen LogP contribution in [0.15, 0.2) is 61.1 Å². The average molecular weight is 720 g/mol.